The summed E-state index contributed by atoms with van der Waals surface area (Å²) in [6.45, 7) is 2.63. The number of ether oxygens (including phenoxy) is 1. The Morgan fingerprint density at radius 3 is 2.81 bits per heavy atom. The molecular weight excluding hydrogens is 262 g/mol. The van der Waals surface area contributed by atoms with E-state index in [2.05, 4.69) is 27.4 Å². The van der Waals surface area contributed by atoms with Crippen LogP contribution in [0.3, 0.4) is 0 Å². The van der Waals surface area contributed by atoms with Crippen LogP contribution >= 0.6 is 0 Å². The summed E-state index contributed by atoms with van der Waals surface area (Å²) in [6, 6.07) is 13.9. The fourth-order valence-electron chi connectivity index (χ4n) is 2.23. The summed E-state index contributed by atoms with van der Waals surface area (Å²) in [4.78, 5) is 8.89. The lowest BCUT2D eigenvalue weighted by Crippen LogP contribution is -2.07. The molecule has 3 aromatic rings. The van der Waals surface area contributed by atoms with Gasteiger partial charge in [0.05, 0.1) is 11.2 Å². The lowest BCUT2D eigenvalue weighted by molar-refractivity contribution is 0.450. The molecule has 0 aliphatic heterocycles. The maximum Gasteiger partial charge on any atom is 0.224 e. The molecule has 0 aliphatic rings. The first kappa shape index (κ1) is 13.5. The number of nitrogens with zero attached hydrogens (tertiary/aromatic N) is 2. The highest BCUT2D eigenvalue weighted by Gasteiger charge is 2.10. The van der Waals surface area contributed by atoms with E-state index in [9.17, 15) is 0 Å². The van der Waals surface area contributed by atoms with Gasteiger partial charge in [-0.25, -0.2) is 4.98 Å². The van der Waals surface area contributed by atoms with Gasteiger partial charge in [0.25, 0.3) is 0 Å². The third-order valence-electron chi connectivity index (χ3n) is 3.30. The maximum absolute atomic E-state index is 5.99. The van der Waals surface area contributed by atoms with Crippen LogP contribution in [-0.2, 0) is 6.54 Å². The molecule has 0 radical (unpaired) electrons. The Balaban J connectivity index is 2.07. The minimum Gasteiger partial charge on any atom is -0.437 e. The molecule has 0 bridgehead atoms. The summed E-state index contributed by atoms with van der Waals surface area (Å²) in [7, 11) is 1.91. The number of hydrogen-bond donors (Lipinski definition) is 1. The van der Waals surface area contributed by atoms with Crippen molar-refractivity contribution in [2.24, 2.45) is 0 Å². The zero-order chi connectivity index (χ0) is 14.7. The molecule has 4 heteroatoms. The van der Waals surface area contributed by atoms with Crippen LogP contribution in [0.5, 0.6) is 11.6 Å². The first-order chi connectivity index (χ1) is 10.3. The van der Waals surface area contributed by atoms with E-state index in [4.69, 9.17) is 4.74 Å². The SMILES string of the molecule is CNCc1cc2ccccc2nc1Oc1cccnc1C. The van der Waals surface area contributed by atoms with Crippen molar-refractivity contribution in [3.05, 3.63) is 59.9 Å². The smallest absolute Gasteiger partial charge is 0.224 e. The van der Waals surface area contributed by atoms with Gasteiger partial charge in [0.15, 0.2) is 5.75 Å². The van der Waals surface area contributed by atoms with Crippen molar-refractivity contribution in [3.8, 4) is 11.6 Å². The van der Waals surface area contributed by atoms with Crippen molar-refractivity contribution in [2.75, 3.05) is 7.05 Å². The zero-order valence-corrected chi connectivity index (χ0v) is 12.1. The van der Waals surface area contributed by atoms with Crippen molar-refractivity contribution < 1.29 is 4.74 Å². The van der Waals surface area contributed by atoms with Crippen molar-refractivity contribution in [2.45, 2.75) is 13.5 Å². The normalized spacial score (nSPS) is 10.8. The lowest BCUT2D eigenvalue weighted by atomic mass is 10.1. The van der Waals surface area contributed by atoms with Crippen molar-refractivity contribution in [1.82, 2.24) is 15.3 Å². The molecular formula is C17H17N3O. The van der Waals surface area contributed by atoms with E-state index < -0.39 is 0 Å². The number of aromatic nitrogens is 2. The molecule has 0 amide bonds. The topological polar surface area (TPSA) is 47.0 Å². The molecule has 106 valence electrons. The van der Waals surface area contributed by atoms with Crippen LogP contribution in [0.15, 0.2) is 48.7 Å². The standard InChI is InChI=1S/C17H17N3O/c1-12-16(8-5-9-19-12)21-17-14(11-18-2)10-13-6-3-4-7-15(13)20-17/h3-10,18H,11H2,1-2H3. The molecule has 0 fully saturated rings. The summed E-state index contributed by atoms with van der Waals surface area (Å²) >= 11 is 0. The van der Waals surface area contributed by atoms with Crippen LogP contribution in [0.4, 0.5) is 0 Å². The Labute approximate surface area is 123 Å². The first-order valence-electron chi connectivity index (χ1n) is 6.90. The van der Waals surface area contributed by atoms with Crippen LogP contribution < -0.4 is 10.1 Å². The molecule has 2 aromatic heterocycles. The molecule has 1 N–H and O–H groups in total. The van der Waals surface area contributed by atoms with Gasteiger partial charge in [-0.15, -0.1) is 0 Å². The zero-order valence-electron chi connectivity index (χ0n) is 12.1. The Bertz CT molecular complexity index is 771. The van der Waals surface area contributed by atoms with Crippen LogP contribution in [0, 0.1) is 6.92 Å². The number of para-hydroxylation sites is 1. The van der Waals surface area contributed by atoms with E-state index in [1.165, 1.54) is 0 Å². The van der Waals surface area contributed by atoms with E-state index in [-0.39, 0.29) is 0 Å². The molecule has 0 atom stereocenters. The first-order valence-corrected chi connectivity index (χ1v) is 6.90. The Kier molecular flexibility index (Phi) is 3.79. The average Bonchev–Trinajstić information content (AvgIpc) is 2.50. The summed E-state index contributed by atoms with van der Waals surface area (Å²) in [5, 5.41) is 4.26. The minimum atomic E-state index is 0.624. The number of hydrogen-bond acceptors (Lipinski definition) is 4. The highest BCUT2D eigenvalue weighted by atomic mass is 16.5. The number of nitrogens with one attached hydrogen (secondary N) is 1. The molecule has 0 saturated carbocycles. The number of aryl methyl sites for hydroxylation is 1. The molecule has 21 heavy (non-hydrogen) atoms. The lowest BCUT2D eigenvalue weighted by Gasteiger charge is -2.12. The van der Waals surface area contributed by atoms with Gasteiger partial charge in [-0.1, -0.05) is 18.2 Å². The van der Waals surface area contributed by atoms with Crippen LogP contribution in [-0.4, -0.2) is 17.0 Å². The second kappa shape index (κ2) is 5.89. The molecule has 4 nitrogen and oxygen atoms in total. The van der Waals surface area contributed by atoms with E-state index >= 15 is 0 Å². The fraction of sp³-hybridized carbons (Fsp3) is 0.176. The van der Waals surface area contributed by atoms with Gasteiger partial charge in [-0.2, -0.15) is 0 Å². The monoisotopic (exact) mass is 279 g/mol. The summed E-state index contributed by atoms with van der Waals surface area (Å²) < 4.78 is 5.99. The molecule has 3 rings (SSSR count). The van der Waals surface area contributed by atoms with Gasteiger partial charge in [0, 0.05) is 23.7 Å². The number of rotatable bonds is 4. The van der Waals surface area contributed by atoms with Gasteiger partial charge in [-0.05, 0) is 38.2 Å². The van der Waals surface area contributed by atoms with E-state index in [1.54, 1.807) is 6.20 Å². The van der Waals surface area contributed by atoms with Crippen molar-refractivity contribution in [1.29, 1.82) is 0 Å². The Hall–Kier alpha value is -2.46. The summed E-state index contributed by atoms with van der Waals surface area (Å²) in [5.41, 5.74) is 2.80. The predicted octanol–water partition coefficient (Wildman–Crippen LogP) is 3.45. The van der Waals surface area contributed by atoms with E-state index in [0.29, 0.717) is 12.4 Å². The van der Waals surface area contributed by atoms with Crippen LogP contribution in [0.2, 0.25) is 0 Å². The third-order valence-corrected chi connectivity index (χ3v) is 3.30. The van der Waals surface area contributed by atoms with Crippen LogP contribution in [0.1, 0.15) is 11.3 Å². The van der Waals surface area contributed by atoms with Gasteiger partial charge in [0.1, 0.15) is 0 Å². The predicted molar refractivity (Wildman–Crippen MR) is 83.6 cm³/mol. The summed E-state index contributed by atoms with van der Waals surface area (Å²) in [5.74, 6) is 1.36. The van der Waals surface area contributed by atoms with Gasteiger partial charge in [0.2, 0.25) is 5.88 Å². The van der Waals surface area contributed by atoms with Crippen molar-refractivity contribution in [3.63, 3.8) is 0 Å². The number of benzene rings is 1. The third kappa shape index (κ3) is 2.85. The molecule has 1 aromatic carbocycles. The Morgan fingerprint density at radius 1 is 1.14 bits per heavy atom. The second-order valence-corrected chi connectivity index (χ2v) is 4.86. The van der Waals surface area contributed by atoms with E-state index in [1.807, 2.05) is 44.3 Å². The van der Waals surface area contributed by atoms with Gasteiger partial charge in [-0.3, -0.25) is 4.98 Å². The average molecular weight is 279 g/mol. The minimum absolute atomic E-state index is 0.624. The second-order valence-electron chi connectivity index (χ2n) is 4.86. The maximum atomic E-state index is 5.99. The van der Waals surface area contributed by atoms with Gasteiger partial charge < -0.3 is 10.1 Å². The van der Waals surface area contributed by atoms with E-state index in [0.717, 1.165) is 27.9 Å². The quantitative estimate of drug-likeness (QED) is 0.794. The highest BCUT2D eigenvalue weighted by Crippen LogP contribution is 2.28. The summed E-state index contributed by atoms with van der Waals surface area (Å²) in [6.07, 6.45) is 1.75. The Morgan fingerprint density at radius 2 is 2.00 bits per heavy atom. The van der Waals surface area contributed by atoms with Gasteiger partial charge >= 0.3 is 0 Å². The number of fused-ring (bicyclic) bond motifs is 1. The number of pyridine rings is 2. The molecule has 0 unspecified atom stereocenters. The van der Waals surface area contributed by atoms with Crippen molar-refractivity contribution >= 4 is 10.9 Å². The fourth-order valence-corrected chi connectivity index (χ4v) is 2.23. The molecule has 0 aliphatic carbocycles. The molecule has 0 saturated heterocycles. The van der Waals surface area contributed by atoms with Crippen LogP contribution in [0.25, 0.3) is 10.9 Å². The highest BCUT2D eigenvalue weighted by molar-refractivity contribution is 5.80. The molecule has 0 spiro atoms. The molecule has 2 heterocycles. The largest absolute Gasteiger partial charge is 0.437 e.